The number of anilines is 1. The third-order valence-corrected chi connectivity index (χ3v) is 2.09. The zero-order valence-corrected chi connectivity index (χ0v) is 8.23. The van der Waals surface area contributed by atoms with E-state index in [2.05, 4.69) is 31.3 Å². The first kappa shape index (κ1) is 10.0. The summed E-state index contributed by atoms with van der Waals surface area (Å²) in [5.74, 6) is 0. The summed E-state index contributed by atoms with van der Waals surface area (Å²) in [6, 6.07) is 6.15. The van der Waals surface area contributed by atoms with Crippen LogP contribution in [0.25, 0.3) is 0 Å². The van der Waals surface area contributed by atoms with E-state index in [0.717, 1.165) is 5.69 Å². The fourth-order valence-electron chi connectivity index (χ4n) is 1.37. The van der Waals surface area contributed by atoms with E-state index < -0.39 is 0 Å². The zero-order valence-electron chi connectivity index (χ0n) is 8.23. The fourth-order valence-corrected chi connectivity index (χ4v) is 1.37. The van der Waals surface area contributed by atoms with Crippen LogP contribution >= 0.6 is 0 Å². The average molecular weight is 181 g/mol. The van der Waals surface area contributed by atoms with Crippen molar-refractivity contribution in [2.45, 2.75) is 20.3 Å². The van der Waals surface area contributed by atoms with E-state index in [1.807, 2.05) is 6.07 Å². The van der Waals surface area contributed by atoms with Gasteiger partial charge in [0.25, 0.3) is 0 Å². The van der Waals surface area contributed by atoms with Crippen molar-refractivity contribution in [2.24, 2.45) is 0 Å². The molecule has 72 valence electrons. The maximum Gasteiger partial charge on any atom is 0.0911 e. The van der Waals surface area contributed by atoms with Gasteiger partial charge in [-0.1, -0.05) is 18.2 Å². The molecule has 0 aromatic heterocycles. The van der Waals surface area contributed by atoms with Gasteiger partial charge in [0.1, 0.15) is 0 Å². The van der Waals surface area contributed by atoms with Crippen LogP contribution in [0.4, 0.5) is 10.1 Å². The summed E-state index contributed by atoms with van der Waals surface area (Å²) in [6.07, 6.45) is 0.577. The molecule has 0 saturated carbocycles. The van der Waals surface area contributed by atoms with Gasteiger partial charge in [0.2, 0.25) is 0 Å². The number of hydrogen-bond donors (Lipinski definition) is 1. The molecule has 0 fully saturated rings. The van der Waals surface area contributed by atoms with Crippen molar-refractivity contribution in [3.63, 3.8) is 0 Å². The van der Waals surface area contributed by atoms with Gasteiger partial charge in [-0.3, -0.25) is 4.39 Å². The van der Waals surface area contributed by atoms with Crippen LogP contribution in [0.1, 0.15) is 17.5 Å². The highest BCUT2D eigenvalue weighted by molar-refractivity contribution is 5.56. The molecule has 0 aliphatic heterocycles. The Hall–Kier alpha value is -1.05. The monoisotopic (exact) mass is 181 g/mol. The van der Waals surface area contributed by atoms with Crippen LogP contribution in [0.2, 0.25) is 0 Å². The average Bonchev–Trinajstić information content (AvgIpc) is 2.10. The lowest BCUT2D eigenvalue weighted by Gasteiger charge is -2.11. The topological polar surface area (TPSA) is 12.0 Å². The molecule has 0 saturated heterocycles. The number of aryl methyl sites for hydroxylation is 2. The molecular weight excluding hydrogens is 165 g/mol. The molecular formula is C11H16FN. The van der Waals surface area contributed by atoms with Crippen LogP contribution in [-0.4, -0.2) is 13.2 Å². The van der Waals surface area contributed by atoms with E-state index in [0.29, 0.717) is 13.0 Å². The van der Waals surface area contributed by atoms with Gasteiger partial charge in [0, 0.05) is 12.2 Å². The van der Waals surface area contributed by atoms with E-state index in [4.69, 9.17) is 0 Å². The molecule has 13 heavy (non-hydrogen) atoms. The molecule has 1 N–H and O–H groups in total. The number of halogens is 1. The number of rotatable bonds is 4. The molecule has 0 aliphatic carbocycles. The molecule has 2 heteroatoms. The van der Waals surface area contributed by atoms with Crippen molar-refractivity contribution >= 4 is 5.69 Å². The minimum Gasteiger partial charge on any atom is -0.385 e. The van der Waals surface area contributed by atoms with Crippen molar-refractivity contribution in [1.82, 2.24) is 0 Å². The van der Waals surface area contributed by atoms with Crippen LogP contribution in [-0.2, 0) is 0 Å². The van der Waals surface area contributed by atoms with Crippen molar-refractivity contribution in [2.75, 3.05) is 18.5 Å². The Morgan fingerprint density at radius 3 is 2.38 bits per heavy atom. The second-order valence-electron chi connectivity index (χ2n) is 3.24. The first-order chi connectivity index (χ1) is 6.25. The minimum atomic E-state index is -0.252. The predicted molar refractivity (Wildman–Crippen MR) is 55.0 cm³/mol. The van der Waals surface area contributed by atoms with Crippen LogP contribution < -0.4 is 5.32 Å². The maximum absolute atomic E-state index is 11.9. The van der Waals surface area contributed by atoms with Crippen LogP contribution in [0.3, 0.4) is 0 Å². The van der Waals surface area contributed by atoms with Gasteiger partial charge in [-0.05, 0) is 31.4 Å². The normalized spacial score (nSPS) is 10.1. The summed E-state index contributed by atoms with van der Waals surface area (Å²) in [4.78, 5) is 0. The quantitative estimate of drug-likeness (QED) is 0.704. The van der Waals surface area contributed by atoms with Gasteiger partial charge in [-0.15, -0.1) is 0 Å². The van der Waals surface area contributed by atoms with Crippen molar-refractivity contribution in [1.29, 1.82) is 0 Å². The van der Waals surface area contributed by atoms with Crippen molar-refractivity contribution in [3.8, 4) is 0 Å². The van der Waals surface area contributed by atoms with Crippen molar-refractivity contribution in [3.05, 3.63) is 29.3 Å². The number of hydrogen-bond acceptors (Lipinski definition) is 1. The molecule has 0 unspecified atom stereocenters. The van der Waals surface area contributed by atoms with Gasteiger partial charge in [0.15, 0.2) is 0 Å². The summed E-state index contributed by atoms with van der Waals surface area (Å²) < 4.78 is 11.9. The first-order valence-corrected chi connectivity index (χ1v) is 4.61. The van der Waals surface area contributed by atoms with Crippen molar-refractivity contribution < 1.29 is 4.39 Å². The Morgan fingerprint density at radius 1 is 1.23 bits per heavy atom. The minimum absolute atomic E-state index is 0.252. The van der Waals surface area contributed by atoms with Crippen LogP contribution in [0.5, 0.6) is 0 Å². The van der Waals surface area contributed by atoms with E-state index in [-0.39, 0.29) is 6.67 Å². The summed E-state index contributed by atoms with van der Waals surface area (Å²) in [5, 5.41) is 3.24. The standard InChI is InChI=1S/C11H16FN/c1-9-5-3-6-10(2)11(9)13-8-4-7-12/h3,5-6,13H,4,7-8H2,1-2H3. The number of alkyl halides is 1. The number of benzene rings is 1. The molecule has 1 aromatic rings. The Morgan fingerprint density at radius 2 is 1.85 bits per heavy atom. The molecule has 0 spiro atoms. The zero-order chi connectivity index (χ0) is 9.68. The first-order valence-electron chi connectivity index (χ1n) is 4.61. The Balaban J connectivity index is 2.64. The van der Waals surface area contributed by atoms with Crippen LogP contribution in [0, 0.1) is 13.8 Å². The molecule has 0 heterocycles. The van der Waals surface area contributed by atoms with E-state index in [1.54, 1.807) is 0 Å². The van der Waals surface area contributed by atoms with Gasteiger partial charge >= 0.3 is 0 Å². The third-order valence-electron chi connectivity index (χ3n) is 2.09. The second-order valence-corrected chi connectivity index (χ2v) is 3.24. The third kappa shape index (κ3) is 2.72. The molecule has 1 aromatic carbocycles. The second kappa shape index (κ2) is 4.85. The highest BCUT2D eigenvalue weighted by atomic mass is 19.1. The molecule has 1 nitrogen and oxygen atoms in total. The molecule has 0 amide bonds. The lowest BCUT2D eigenvalue weighted by Crippen LogP contribution is -2.05. The maximum atomic E-state index is 11.9. The number of para-hydroxylation sites is 1. The lowest BCUT2D eigenvalue weighted by molar-refractivity contribution is 0.481. The Bertz CT molecular complexity index is 251. The van der Waals surface area contributed by atoms with Gasteiger partial charge in [-0.2, -0.15) is 0 Å². The van der Waals surface area contributed by atoms with E-state index in [9.17, 15) is 4.39 Å². The summed E-state index contributed by atoms with van der Waals surface area (Å²) in [5.41, 5.74) is 3.59. The van der Waals surface area contributed by atoms with Gasteiger partial charge in [0.05, 0.1) is 6.67 Å². The largest absolute Gasteiger partial charge is 0.385 e. The highest BCUT2D eigenvalue weighted by Crippen LogP contribution is 2.18. The fraction of sp³-hybridized carbons (Fsp3) is 0.455. The summed E-state index contributed by atoms with van der Waals surface area (Å²) in [7, 11) is 0. The molecule has 0 aliphatic rings. The van der Waals surface area contributed by atoms with E-state index >= 15 is 0 Å². The predicted octanol–water partition coefficient (Wildman–Crippen LogP) is 3.07. The highest BCUT2D eigenvalue weighted by Gasteiger charge is 1.99. The number of nitrogens with one attached hydrogen (secondary N) is 1. The van der Waals surface area contributed by atoms with Crippen LogP contribution in [0.15, 0.2) is 18.2 Å². The summed E-state index contributed by atoms with van der Waals surface area (Å²) >= 11 is 0. The molecule has 0 bridgehead atoms. The van der Waals surface area contributed by atoms with Gasteiger partial charge in [-0.25, -0.2) is 0 Å². The lowest BCUT2D eigenvalue weighted by atomic mass is 10.1. The molecule has 0 radical (unpaired) electrons. The Kier molecular flexibility index (Phi) is 3.74. The Labute approximate surface area is 79.0 Å². The smallest absolute Gasteiger partial charge is 0.0911 e. The summed E-state index contributed by atoms with van der Waals surface area (Å²) in [6.45, 7) is 4.58. The van der Waals surface area contributed by atoms with Gasteiger partial charge < -0.3 is 5.32 Å². The van der Waals surface area contributed by atoms with E-state index in [1.165, 1.54) is 11.1 Å². The molecule has 1 rings (SSSR count). The SMILES string of the molecule is Cc1cccc(C)c1NCCCF. The molecule has 0 atom stereocenters.